The fraction of sp³-hybridized carbons (Fsp3) is 0. The molecule has 0 fully saturated rings. The predicted octanol–water partition coefficient (Wildman–Crippen LogP) is 11.4. The molecule has 0 unspecified atom stereocenters. The zero-order valence-corrected chi connectivity index (χ0v) is 26.3. The number of furan rings is 1. The third kappa shape index (κ3) is 4.31. The first-order valence-electron chi connectivity index (χ1n) is 15.8. The van der Waals surface area contributed by atoms with E-state index >= 15 is 0 Å². The van der Waals surface area contributed by atoms with Gasteiger partial charge in [-0.3, -0.25) is 0 Å². The Morgan fingerprint density at radius 1 is 0.438 bits per heavy atom. The quantitative estimate of drug-likeness (QED) is 0.181. The third-order valence-corrected chi connectivity index (χ3v) is 10.0. The first-order valence-corrected chi connectivity index (χ1v) is 16.6. The van der Waals surface area contributed by atoms with E-state index in [0.29, 0.717) is 17.5 Å². The molecule has 0 atom stereocenters. The van der Waals surface area contributed by atoms with Crippen molar-refractivity contribution in [2.45, 2.75) is 0 Å². The van der Waals surface area contributed by atoms with Crippen molar-refractivity contribution in [3.8, 4) is 44.7 Å². The summed E-state index contributed by atoms with van der Waals surface area (Å²) in [6.45, 7) is 0. The van der Waals surface area contributed by atoms with Gasteiger partial charge in [0.05, 0.1) is 15.6 Å². The maximum Gasteiger partial charge on any atom is 0.164 e. The van der Waals surface area contributed by atoms with Crippen LogP contribution in [0.4, 0.5) is 0 Å². The van der Waals surface area contributed by atoms with E-state index in [9.17, 15) is 0 Å². The molecule has 0 N–H and O–H groups in total. The first kappa shape index (κ1) is 26.9. The van der Waals surface area contributed by atoms with E-state index in [4.69, 9.17) is 24.4 Å². The van der Waals surface area contributed by atoms with E-state index < -0.39 is 0 Å². The van der Waals surface area contributed by atoms with Gasteiger partial charge in [-0.1, -0.05) is 115 Å². The Morgan fingerprint density at radius 3 is 1.71 bits per heavy atom. The van der Waals surface area contributed by atoms with Crippen molar-refractivity contribution in [2.75, 3.05) is 0 Å². The maximum atomic E-state index is 6.58. The van der Waals surface area contributed by atoms with Crippen molar-refractivity contribution in [1.82, 2.24) is 19.9 Å². The monoisotopic (exact) mass is 632 g/mol. The predicted molar refractivity (Wildman–Crippen MR) is 197 cm³/mol. The Morgan fingerprint density at radius 2 is 1.02 bits per heavy atom. The van der Waals surface area contributed by atoms with Gasteiger partial charge in [0.1, 0.15) is 16.2 Å². The van der Waals surface area contributed by atoms with Gasteiger partial charge in [-0.25, -0.2) is 19.9 Å². The van der Waals surface area contributed by atoms with Crippen LogP contribution in [0.5, 0.6) is 0 Å². The molecular formula is C42H24N4OS. The van der Waals surface area contributed by atoms with Crippen LogP contribution in [0.2, 0.25) is 0 Å². The second-order valence-electron chi connectivity index (χ2n) is 11.8. The van der Waals surface area contributed by atoms with Crippen LogP contribution in [-0.4, -0.2) is 19.9 Å². The van der Waals surface area contributed by atoms with Crippen LogP contribution in [-0.2, 0) is 0 Å². The lowest BCUT2D eigenvalue weighted by atomic mass is 9.98. The summed E-state index contributed by atoms with van der Waals surface area (Å²) in [6, 6.07) is 49.8. The molecule has 0 amide bonds. The van der Waals surface area contributed by atoms with Crippen LogP contribution in [0.1, 0.15) is 0 Å². The van der Waals surface area contributed by atoms with Gasteiger partial charge < -0.3 is 4.42 Å². The molecule has 10 rings (SSSR count). The van der Waals surface area contributed by atoms with E-state index in [1.54, 1.807) is 11.3 Å². The standard InChI is InChI=1S/C42H24N4OS/c1-4-10-25(11-5-1)39-44-40(26-12-6-2-7-13-26)46-41(45-39)29-17-18-30-28(24-29)16-19-32-31(30)20-21-33-36-34(47-38(32)33)22-23-35-37(36)43-42(48-35)27-14-8-3-9-15-27/h1-24H. The van der Waals surface area contributed by atoms with Crippen molar-refractivity contribution in [2.24, 2.45) is 0 Å². The number of fused-ring (bicyclic) bond motifs is 9. The minimum absolute atomic E-state index is 0.639. The van der Waals surface area contributed by atoms with E-state index in [1.807, 2.05) is 66.7 Å². The molecule has 6 heteroatoms. The minimum Gasteiger partial charge on any atom is -0.455 e. The highest BCUT2D eigenvalue weighted by Crippen LogP contribution is 2.42. The number of aromatic nitrogens is 4. The van der Waals surface area contributed by atoms with E-state index in [2.05, 4.69) is 78.9 Å². The van der Waals surface area contributed by atoms with Crippen LogP contribution in [0, 0.1) is 0 Å². The molecule has 0 bridgehead atoms. The summed E-state index contributed by atoms with van der Waals surface area (Å²) in [7, 11) is 0. The summed E-state index contributed by atoms with van der Waals surface area (Å²) in [5, 5.41) is 7.62. The topological polar surface area (TPSA) is 64.7 Å². The Balaban J connectivity index is 1.12. The van der Waals surface area contributed by atoms with E-state index in [0.717, 1.165) is 81.0 Å². The number of benzene rings is 7. The van der Waals surface area contributed by atoms with Crippen LogP contribution in [0.15, 0.2) is 150 Å². The van der Waals surface area contributed by atoms with E-state index in [1.165, 1.54) is 0 Å². The summed E-state index contributed by atoms with van der Waals surface area (Å²) in [6.07, 6.45) is 0. The summed E-state index contributed by atoms with van der Waals surface area (Å²) in [5.74, 6) is 1.94. The molecule has 7 aromatic carbocycles. The Bertz CT molecular complexity index is 2770. The van der Waals surface area contributed by atoms with Gasteiger partial charge in [0.25, 0.3) is 0 Å². The van der Waals surface area contributed by atoms with Gasteiger partial charge in [0.15, 0.2) is 17.5 Å². The van der Waals surface area contributed by atoms with Gasteiger partial charge in [-0.15, -0.1) is 11.3 Å². The van der Waals surface area contributed by atoms with Gasteiger partial charge >= 0.3 is 0 Å². The SMILES string of the molecule is c1ccc(-c2nc(-c3ccccc3)nc(-c3ccc4c(ccc5c4ccc4c5oc5ccc6sc(-c7ccccc7)nc6c54)c3)n2)cc1. The zero-order valence-electron chi connectivity index (χ0n) is 25.5. The molecule has 48 heavy (non-hydrogen) atoms. The molecule has 224 valence electrons. The molecule has 0 radical (unpaired) electrons. The summed E-state index contributed by atoms with van der Waals surface area (Å²) in [5.41, 5.74) is 6.68. The largest absolute Gasteiger partial charge is 0.455 e. The highest BCUT2D eigenvalue weighted by Gasteiger charge is 2.18. The Labute approximate surface area is 278 Å². The fourth-order valence-corrected chi connectivity index (χ4v) is 7.62. The molecule has 3 heterocycles. The van der Waals surface area contributed by atoms with Crippen LogP contribution < -0.4 is 0 Å². The average molecular weight is 633 g/mol. The molecular weight excluding hydrogens is 609 g/mol. The number of hydrogen-bond acceptors (Lipinski definition) is 6. The lowest BCUT2D eigenvalue weighted by Crippen LogP contribution is -2.00. The minimum atomic E-state index is 0.639. The normalized spacial score (nSPS) is 11.8. The second kappa shape index (κ2) is 10.7. The number of nitrogens with zero attached hydrogens (tertiary/aromatic N) is 4. The van der Waals surface area contributed by atoms with Crippen molar-refractivity contribution in [3.05, 3.63) is 146 Å². The van der Waals surface area contributed by atoms with Gasteiger partial charge in [-0.05, 0) is 46.5 Å². The number of thiazole rings is 1. The molecule has 5 nitrogen and oxygen atoms in total. The average Bonchev–Trinajstić information content (AvgIpc) is 3.77. The third-order valence-electron chi connectivity index (χ3n) is 8.95. The van der Waals surface area contributed by atoms with Gasteiger partial charge in [0.2, 0.25) is 0 Å². The molecule has 0 saturated heterocycles. The van der Waals surface area contributed by atoms with Crippen LogP contribution >= 0.6 is 11.3 Å². The highest BCUT2D eigenvalue weighted by atomic mass is 32.1. The van der Waals surface area contributed by atoms with Gasteiger partial charge in [0, 0.05) is 33.0 Å². The van der Waals surface area contributed by atoms with Crippen molar-refractivity contribution < 1.29 is 4.42 Å². The smallest absolute Gasteiger partial charge is 0.164 e. The van der Waals surface area contributed by atoms with Gasteiger partial charge in [-0.2, -0.15) is 0 Å². The number of rotatable bonds is 4. The lowest BCUT2D eigenvalue weighted by Gasteiger charge is -2.10. The summed E-state index contributed by atoms with van der Waals surface area (Å²) < 4.78 is 7.73. The highest BCUT2D eigenvalue weighted by molar-refractivity contribution is 7.21. The molecule has 0 aliphatic carbocycles. The molecule has 0 aliphatic rings. The van der Waals surface area contributed by atoms with Crippen molar-refractivity contribution >= 4 is 65.0 Å². The molecule has 3 aromatic heterocycles. The lowest BCUT2D eigenvalue weighted by molar-refractivity contribution is 0.673. The van der Waals surface area contributed by atoms with Crippen molar-refractivity contribution in [1.29, 1.82) is 0 Å². The second-order valence-corrected chi connectivity index (χ2v) is 12.9. The van der Waals surface area contributed by atoms with Crippen molar-refractivity contribution in [3.63, 3.8) is 0 Å². The first-order chi connectivity index (χ1) is 23.8. The summed E-state index contributed by atoms with van der Waals surface area (Å²) in [4.78, 5) is 19.8. The Kier molecular flexibility index (Phi) is 5.98. The van der Waals surface area contributed by atoms with Crippen LogP contribution in [0.3, 0.4) is 0 Å². The molecule has 0 saturated carbocycles. The molecule has 0 spiro atoms. The molecule has 10 aromatic rings. The maximum absolute atomic E-state index is 6.58. The van der Waals surface area contributed by atoms with E-state index in [-0.39, 0.29) is 0 Å². The molecule has 0 aliphatic heterocycles. The Hall–Kier alpha value is -6.24. The zero-order chi connectivity index (χ0) is 31.6. The number of hydrogen-bond donors (Lipinski definition) is 0. The summed E-state index contributed by atoms with van der Waals surface area (Å²) >= 11 is 1.71. The van der Waals surface area contributed by atoms with Crippen LogP contribution in [0.25, 0.3) is 98.4 Å². The fourth-order valence-electron chi connectivity index (χ4n) is 6.64.